The number of hydrogen-bond donors (Lipinski definition) is 1. The second-order valence-electron chi connectivity index (χ2n) is 8.72. The van der Waals surface area contributed by atoms with Gasteiger partial charge in [0.25, 0.3) is 5.91 Å². The number of nitrogens with zero attached hydrogens (tertiary/aromatic N) is 3. The van der Waals surface area contributed by atoms with Gasteiger partial charge >= 0.3 is 0 Å². The summed E-state index contributed by atoms with van der Waals surface area (Å²) in [5.74, 6) is 1.70. The predicted octanol–water partition coefficient (Wildman–Crippen LogP) is 5.33. The zero-order valence-electron chi connectivity index (χ0n) is 19.5. The quantitative estimate of drug-likeness (QED) is 0.400. The molecule has 1 saturated heterocycles. The standard InChI is InChI=1S/C29H28N4O2/c34-29(31-25-16-19-33(20-17-25)21-22-7-3-1-4-8-22)24-13-11-23(12-14-24)28-30-18-15-27(32-28)35-26-9-5-2-6-10-26/h1-15,18,25H,16-17,19-21H2,(H,31,34). The summed E-state index contributed by atoms with van der Waals surface area (Å²) in [6, 6.07) is 29.4. The van der Waals surface area contributed by atoms with Crippen LogP contribution in [0.4, 0.5) is 0 Å². The Morgan fingerprint density at radius 2 is 1.57 bits per heavy atom. The normalized spacial score (nSPS) is 14.4. The fraction of sp³-hybridized carbons (Fsp3) is 0.207. The number of nitrogens with one attached hydrogen (secondary N) is 1. The minimum Gasteiger partial charge on any atom is -0.439 e. The number of hydrogen-bond acceptors (Lipinski definition) is 5. The molecule has 1 amide bonds. The van der Waals surface area contributed by atoms with Crippen LogP contribution in [0.1, 0.15) is 28.8 Å². The van der Waals surface area contributed by atoms with Crippen molar-refractivity contribution >= 4 is 5.91 Å². The minimum atomic E-state index is -0.0415. The monoisotopic (exact) mass is 464 g/mol. The summed E-state index contributed by atoms with van der Waals surface area (Å²) < 4.78 is 5.81. The van der Waals surface area contributed by atoms with E-state index in [9.17, 15) is 4.79 Å². The van der Waals surface area contributed by atoms with Crippen LogP contribution in [-0.2, 0) is 6.54 Å². The lowest BCUT2D eigenvalue weighted by molar-refractivity contribution is 0.0909. The summed E-state index contributed by atoms with van der Waals surface area (Å²) in [5.41, 5.74) is 2.79. The van der Waals surface area contributed by atoms with E-state index < -0.39 is 0 Å². The molecular formula is C29H28N4O2. The van der Waals surface area contributed by atoms with Crippen LogP contribution < -0.4 is 10.1 Å². The number of likely N-dealkylation sites (tertiary alicyclic amines) is 1. The molecule has 35 heavy (non-hydrogen) atoms. The van der Waals surface area contributed by atoms with Gasteiger partial charge in [-0.05, 0) is 42.7 Å². The Balaban J connectivity index is 1.15. The van der Waals surface area contributed by atoms with Gasteiger partial charge in [-0.2, -0.15) is 4.98 Å². The fourth-order valence-electron chi connectivity index (χ4n) is 4.26. The van der Waals surface area contributed by atoms with Gasteiger partial charge in [0.1, 0.15) is 5.75 Å². The van der Waals surface area contributed by atoms with Crippen molar-refractivity contribution in [2.45, 2.75) is 25.4 Å². The number of carbonyl (C=O) groups is 1. The van der Waals surface area contributed by atoms with Crippen molar-refractivity contribution in [3.05, 3.63) is 108 Å². The highest BCUT2D eigenvalue weighted by molar-refractivity contribution is 5.94. The van der Waals surface area contributed by atoms with Gasteiger partial charge in [-0.25, -0.2) is 4.98 Å². The zero-order valence-corrected chi connectivity index (χ0v) is 19.5. The third-order valence-corrected chi connectivity index (χ3v) is 6.17. The number of aromatic nitrogens is 2. The molecule has 3 aromatic carbocycles. The van der Waals surface area contributed by atoms with E-state index in [-0.39, 0.29) is 11.9 Å². The van der Waals surface area contributed by atoms with Crippen molar-refractivity contribution < 1.29 is 9.53 Å². The SMILES string of the molecule is O=C(NC1CCN(Cc2ccccc2)CC1)c1ccc(-c2nccc(Oc3ccccc3)n2)cc1. The van der Waals surface area contributed by atoms with Crippen LogP contribution in [-0.4, -0.2) is 39.9 Å². The molecule has 6 heteroatoms. The lowest BCUT2D eigenvalue weighted by Gasteiger charge is -2.32. The number of piperidine rings is 1. The Kier molecular flexibility index (Phi) is 7.10. The highest BCUT2D eigenvalue weighted by atomic mass is 16.5. The molecule has 0 spiro atoms. The Labute approximate surface area is 205 Å². The van der Waals surface area contributed by atoms with E-state index in [4.69, 9.17) is 4.74 Å². The maximum absolute atomic E-state index is 12.8. The summed E-state index contributed by atoms with van der Waals surface area (Å²) in [6.45, 7) is 2.93. The van der Waals surface area contributed by atoms with Gasteiger partial charge in [-0.3, -0.25) is 9.69 Å². The van der Waals surface area contributed by atoms with E-state index in [2.05, 4.69) is 44.5 Å². The van der Waals surface area contributed by atoms with E-state index in [0.717, 1.165) is 43.8 Å². The van der Waals surface area contributed by atoms with Crippen LogP contribution in [0.5, 0.6) is 11.6 Å². The summed E-state index contributed by atoms with van der Waals surface area (Å²) in [5, 5.41) is 3.20. The molecule has 0 saturated carbocycles. The molecule has 1 N–H and O–H groups in total. The highest BCUT2D eigenvalue weighted by Crippen LogP contribution is 2.22. The number of rotatable bonds is 7. The molecule has 5 rings (SSSR count). The van der Waals surface area contributed by atoms with Crippen LogP contribution in [0.25, 0.3) is 11.4 Å². The summed E-state index contributed by atoms with van der Waals surface area (Å²) in [7, 11) is 0. The average Bonchev–Trinajstić information content (AvgIpc) is 2.91. The Hall–Kier alpha value is -4.03. The first kappa shape index (κ1) is 22.7. The summed E-state index contributed by atoms with van der Waals surface area (Å²) in [4.78, 5) is 24.1. The van der Waals surface area contributed by atoms with E-state index in [1.54, 1.807) is 12.3 Å². The molecule has 0 radical (unpaired) electrons. The van der Waals surface area contributed by atoms with Crippen molar-refractivity contribution in [2.75, 3.05) is 13.1 Å². The second-order valence-corrected chi connectivity index (χ2v) is 8.72. The molecule has 2 heterocycles. The van der Waals surface area contributed by atoms with Crippen LogP contribution >= 0.6 is 0 Å². The van der Waals surface area contributed by atoms with E-state index in [1.807, 2.05) is 60.7 Å². The first-order chi connectivity index (χ1) is 17.2. The number of amides is 1. The summed E-state index contributed by atoms with van der Waals surface area (Å²) in [6.07, 6.45) is 3.59. The van der Waals surface area contributed by atoms with E-state index in [1.165, 1.54) is 5.56 Å². The molecule has 0 atom stereocenters. The minimum absolute atomic E-state index is 0.0415. The average molecular weight is 465 g/mol. The first-order valence-corrected chi connectivity index (χ1v) is 12.0. The molecule has 0 bridgehead atoms. The number of para-hydroxylation sites is 1. The van der Waals surface area contributed by atoms with Gasteiger partial charge in [0.15, 0.2) is 5.82 Å². The molecular weight excluding hydrogens is 436 g/mol. The largest absolute Gasteiger partial charge is 0.439 e. The lowest BCUT2D eigenvalue weighted by Crippen LogP contribution is -2.44. The maximum atomic E-state index is 12.8. The molecule has 1 aliphatic rings. The van der Waals surface area contributed by atoms with Crippen LogP contribution in [0.3, 0.4) is 0 Å². The van der Waals surface area contributed by atoms with Gasteiger partial charge in [-0.1, -0.05) is 60.7 Å². The summed E-state index contributed by atoms with van der Waals surface area (Å²) >= 11 is 0. The van der Waals surface area contributed by atoms with Crippen LogP contribution in [0.2, 0.25) is 0 Å². The highest BCUT2D eigenvalue weighted by Gasteiger charge is 2.21. The molecule has 1 aromatic heterocycles. The van der Waals surface area contributed by atoms with Gasteiger partial charge in [0.05, 0.1) is 0 Å². The first-order valence-electron chi connectivity index (χ1n) is 12.0. The third-order valence-electron chi connectivity index (χ3n) is 6.17. The zero-order chi connectivity index (χ0) is 23.9. The predicted molar refractivity (Wildman–Crippen MR) is 136 cm³/mol. The third kappa shape index (κ3) is 6.11. The Morgan fingerprint density at radius 1 is 0.886 bits per heavy atom. The topological polar surface area (TPSA) is 67.4 Å². The van der Waals surface area contributed by atoms with E-state index >= 15 is 0 Å². The van der Waals surface area contributed by atoms with Crippen LogP contribution in [0, 0.1) is 0 Å². The molecule has 6 nitrogen and oxygen atoms in total. The molecule has 0 unspecified atom stereocenters. The van der Waals surface area contributed by atoms with E-state index in [0.29, 0.717) is 17.3 Å². The van der Waals surface area contributed by atoms with Gasteiger partial charge in [0, 0.05) is 49.1 Å². The van der Waals surface area contributed by atoms with Gasteiger partial charge in [-0.15, -0.1) is 0 Å². The number of ether oxygens (including phenoxy) is 1. The molecule has 0 aliphatic carbocycles. The van der Waals surface area contributed by atoms with Gasteiger partial charge < -0.3 is 10.1 Å². The smallest absolute Gasteiger partial charge is 0.251 e. The maximum Gasteiger partial charge on any atom is 0.251 e. The van der Waals surface area contributed by atoms with Gasteiger partial charge in [0.2, 0.25) is 5.88 Å². The lowest BCUT2D eigenvalue weighted by atomic mass is 10.0. The van der Waals surface area contributed by atoms with Crippen molar-refractivity contribution in [1.82, 2.24) is 20.2 Å². The Bertz CT molecular complexity index is 1240. The Morgan fingerprint density at radius 3 is 2.29 bits per heavy atom. The molecule has 1 aliphatic heterocycles. The van der Waals surface area contributed by atoms with Crippen molar-refractivity contribution in [3.8, 4) is 23.0 Å². The van der Waals surface area contributed by atoms with Crippen molar-refractivity contribution in [3.63, 3.8) is 0 Å². The van der Waals surface area contributed by atoms with Crippen LogP contribution in [0.15, 0.2) is 97.2 Å². The number of benzene rings is 3. The fourth-order valence-corrected chi connectivity index (χ4v) is 4.26. The molecule has 176 valence electrons. The van der Waals surface area contributed by atoms with Crippen molar-refractivity contribution in [1.29, 1.82) is 0 Å². The second kappa shape index (κ2) is 10.9. The number of carbonyl (C=O) groups excluding carboxylic acids is 1. The molecule has 4 aromatic rings. The van der Waals surface area contributed by atoms with Crippen molar-refractivity contribution in [2.24, 2.45) is 0 Å². The molecule has 1 fully saturated rings.